The standard InChI is InChI=1S/C9H16N2O/c1-12-9-4-7-11(8-9)6-3-2-5-10/h9H,2-4,6-8H2,1H3. The van der Waals surface area contributed by atoms with Crippen LogP contribution in [0.5, 0.6) is 0 Å². The number of hydrogen-bond donors (Lipinski definition) is 0. The average Bonchev–Trinajstić information content (AvgIpc) is 2.53. The Balaban J connectivity index is 2.07. The van der Waals surface area contributed by atoms with Crippen molar-refractivity contribution in [2.24, 2.45) is 0 Å². The van der Waals surface area contributed by atoms with E-state index in [1.807, 2.05) is 0 Å². The minimum Gasteiger partial charge on any atom is -0.380 e. The summed E-state index contributed by atoms with van der Waals surface area (Å²) >= 11 is 0. The molecule has 1 saturated heterocycles. The molecule has 68 valence electrons. The third-order valence-corrected chi connectivity index (χ3v) is 2.33. The normalized spacial score (nSPS) is 24.2. The van der Waals surface area contributed by atoms with E-state index in [0.717, 1.165) is 32.5 Å². The van der Waals surface area contributed by atoms with Gasteiger partial charge in [-0.1, -0.05) is 0 Å². The second kappa shape index (κ2) is 5.13. The molecule has 3 nitrogen and oxygen atoms in total. The topological polar surface area (TPSA) is 36.3 Å². The minimum absolute atomic E-state index is 0.423. The zero-order valence-corrected chi connectivity index (χ0v) is 7.62. The van der Waals surface area contributed by atoms with Crippen LogP contribution in [0.25, 0.3) is 0 Å². The molecule has 12 heavy (non-hydrogen) atoms. The van der Waals surface area contributed by atoms with Gasteiger partial charge in [-0.15, -0.1) is 0 Å². The van der Waals surface area contributed by atoms with Crippen LogP contribution in [-0.2, 0) is 4.74 Å². The number of rotatable bonds is 4. The average molecular weight is 168 g/mol. The van der Waals surface area contributed by atoms with Crippen molar-refractivity contribution in [1.82, 2.24) is 4.90 Å². The lowest BCUT2D eigenvalue weighted by Gasteiger charge is -2.13. The lowest BCUT2D eigenvalue weighted by atomic mass is 10.3. The molecule has 1 unspecified atom stereocenters. The summed E-state index contributed by atoms with van der Waals surface area (Å²) in [5.41, 5.74) is 0. The fourth-order valence-electron chi connectivity index (χ4n) is 1.57. The van der Waals surface area contributed by atoms with E-state index in [-0.39, 0.29) is 0 Å². The van der Waals surface area contributed by atoms with E-state index in [4.69, 9.17) is 10.00 Å². The maximum Gasteiger partial charge on any atom is 0.0710 e. The molecule has 1 fully saturated rings. The van der Waals surface area contributed by atoms with Crippen LogP contribution >= 0.6 is 0 Å². The molecule has 0 N–H and O–H groups in total. The number of nitriles is 1. The van der Waals surface area contributed by atoms with E-state index in [1.165, 1.54) is 0 Å². The van der Waals surface area contributed by atoms with Gasteiger partial charge in [-0.3, -0.25) is 0 Å². The van der Waals surface area contributed by atoms with Gasteiger partial charge < -0.3 is 9.64 Å². The van der Waals surface area contributed by atoms with Crippen molar-refractivity contribution in [3.05, 3.63) is 0 Å². The van der Waals surface area contributed by atoms with Crippen molar-refractivity contribution in [2.75, 3.05) is 26.7 Å². The first-order chi connectivity index (χ1) is 5.86. The highest BCUT2D eigenvalue weighted by Gasteiger charge is 2.20. The summed E-state index contributed by atoms with van der Waals surface area (Å²) in [6.45, 7) is 3.22. The van der Waals surface area contributed by atoms with Crippen LogP contribution in [0.1, 0.15) is 19.3 Å². The molecule has 1 aliphatic rings. The number of nitrogens with zero attached hydrogens (tertiary/aromatic N) is 2. The van der Waals surface area contributed by atoms with E-state index in [9.17, 15) is 0 Å². The zero-order chi connectivity index (χ0) is 8.81. The SMILES string of the molecule is COC1CCN(CCCC#N)C1. The van der Waals surface area contributed by atoms with Crippen LogP contribution < -0.4 is 0 Å². The summed E-state index contributed by atoms with van der Waals surface area (Å²) in [6, 6.07) is 2.16. The third kappa shape index (κ3) is 2.80. The largest absolute Gasteiger partial charge is 0.380 e. The quantitative estimate of drug-likeness (QED) is 0.588. The van der Waals surface area contributed by atoms with E-state index < -0.39 is 0 Å². The lowest BCUT2D eigenvalue weighted by molar-refractivity contribution is 0.108. The summed E-state index contributed by atoms with van der Waals surface area (Å²) in [7, 11) is 1.77. The lowest BCUT2D eigenvalue weighted by Crippen LogP contribution is -2.23. The Morgan fingerprint density at radius 3 is 3.08 bits per heavy atom. The van der Waals surface area contributed by atoms with Crippen molar-refractivity contribution < 1.29 is 4.74 Å². The smallest absolute Gasteiger partial charge is 0.0710 e. The fourth-order valence-corrected chi connectivity index (χ4v) is 1.57. The van der Waals surface area contributed by atoms with Crippen molar-refractivity contribution in [3.63, 3.8) is 0 Å². The predicted molar refractivity (Wildman–Crippen MR) is 46.7 cm³/mol. The highest BCUT2D eigenvalue weighted by atomic mass is 16.5. The van der Waals surface area contributed by atoms with Crippen LogP contribution in [0.2, 0.25) is 0 Å². The van der Waals surface area contributed by atoms with Gasteiger partial charge in [-0.05, 0) is 19.4 Å². The number of likely N-dealkylation sites (tertiary alicyclic amines) is 1. The van der Waals surface area contributed by atoms with Crippen LogP contribution in [0, 0.1) is 11.3 Å². The zero-order valence-electron chi connectivity index (χ0n) is 7.62. The van der Waals surface area contributed by atoms with Gasteiger partial charge in [-0.2, -0.15) is 5.26 Å². The van der Waals surface area contributed by atoms with Crippen molar-refractivity contribution in [1.29, 1.82) is 5.26 Å². The minimum atomic E-state index is 0.423. The van der Waals surface area contributed by atoms with Gasteiger partial charge in [-0.25, -0.2) is 0 Å². The fraction of sp³-hybridized carbons (Fsp3) is 0.889. The van der Waals surface area contributed by atoms with E-state index in [0.29, 0.717) is 12.5 Å². The summed E-state index contributed by atoms with van der Waals surface area (Å²) in [4.78, 5) is 2.37. The molecule has 0 aromatic heterocycles. The first kappa shape index (κ1) is 9.50. The molecule has 0 amide bonds. The van der Waals surface area contributed by atoms with Gasteiger partial charge in [0, 0.05) is 26.6 Å². The van der Waals surface area contributed by atoms with Gasteiger partial charge in [0.15, 0.2) is 0 Å². The molecule has 0 aromatic carbocycles. The molecule has 1 atom stereocenters. The van der Waals surface area contributed by atoms with Crippen LogP contribution in [0.15, 0.2) is 0 Å². The van der Waals surface area contributed by atoms with Gasteiger partial charge in [0.25, 0.3) is 0 Å². The Hall–Kier alpha value is -0.590. The van der Waals surface area contributed by atoms with Gasteiger partial charge >= 0.3 is 0 Å². The maximum absolute atomic E-state index is 8.35. The summed E-state index contributed by atoms with van der Waals surface area (Å²) in [5.74, 6) is 0. The number of ether oxygens (including phenoxy) is 1. The van der Waals surface area contributed by atoms with Crippen molar-refractivity contribution in [2.45, 2.75) is 25.4 Å². The molecule has 0 radical (unpaired) electrons. The Labute approximate surface area is 73.9 Å². The van der Waals surface area contributed by atoms with Crippen LogP contribution in [-0.4, -0.2) is 37.7 Å². The molecule has 0 saturated carbocycles. The molecule has 1 aliphatic heterocycles. The van der Waals surface area contributed by atoms with E-state index >= 15 is 0 Å². The molecular formula is C9H16N2O. The molecule has 1 rings (SSSR count). The van der Waals surface area contributed by atoms with Gasteiger partial charge in [0.05, 0.1) is 12.2 Å². The maximum atomic E-state index is 8.35. The van der Waals surface area contributed by atoms with Crippen LogP contribution in [0.3, 0.4) is 0 Å². The molecule has 1 heterocycles. The van der Waals surface area contributed by atoms with Gasteiger partial charge in [0.2, 0.25) is 0 Å². The van der Waals surface area contributed by atoms with Crippen molar-refractivity contribution >= 4 is 0 Å². The van der Waals surface area contributed by atoms with Crippen molar-refractivity contribution in [3.8, 4) is 6.07 Å². The molecular weight excluding hydrogens is 152 g/mol. The van der Waals surface area contributed by atoms with Gasteiger partial charge in [0.1, 0.15) is 0 Å². The first-order valence-corrected chi connectivity index (χ1v) is 4.49. The summed E-state index contributed by atoms with van der Waals surface area (Å²) in [6.07, 6.45) is 3.23. The summed E-state index contributed by atoms with van der Waals surface area (Å²) in [5, 5.41) is 8.35. The highest BCUT2D eigenvalue weighted by molar-refractivity contribution is 4.77. The monoisotopic (exact) mass is 168 g/mol. The summed E-state index contributed by atoms with van der Waals surface area (Å²) < 4.78 is 5.24. The highest BCUT2D eigenvalue weighted by Crippen LogP contribution is 2.11. The first-order valence-electron chi connectivity index (χ1n) is 4.49. The second-order valence-electron chi connectivity index (χ2n) is 3.21. The third-order valence-electron chi connectivity index (χ3n) is 2.33. The Bertz CT molecular complexity index is 164. The Morgan fingerprint density at radius 2 is 2.50 bits per heavy atom. The number of unbranched alkanes of at least 4 members (excludes halogenated alkanes) is 1. The predicted octanol–water partition coefficient (Wildman–Crippen LogP) is 1.01. The number of hydrogen-bond acceptors (Lipinski definition) is 3. The van der Waals surface area contributed by atoms with E-state index in [1.54, 1.807) is 7.11 Å². The Kier molecular flexibility index (Phi) is 4.06. The molecule has 0 aliphatic carbocycles. The molecule has 0 aromatic rings. The number of methoxy groups -OCH3 is 1. The van der Waals surface area contributed by atoms with Crippen LogP contribution in [0.4, 0.5) is 0 Å². The molecule has 3 heteroatoms. The Morgan fingerprint density at radius 1 is 1.67 bits per heavy atom. The molecule has 0 spiro atoms. The van der Waals surface area contributed by atoms with E-state index in [2.05, 4.69) is 11.0 Å². The molecule has 0 bridgehead atoms. The second-order valence-corrected chi connectivity index (χ2v) is 3.21.